The molecule has 4 heteroatoms. The molecule has 0 saturated carbocycles. The lowest BCUT2D eigenvalue weighted by atomic mass is 10.2. The minimum atomic E-state index is -0.0296. The molecule has 0 aliphatic rings. The van der Waals surface area contributed by atoms with Crippen LogP contribution in [0.15, 0.2) is 60.7 Å². The first kappa shape index (κ1) is 15.7. The summed E-state index contributed by atoms with van der Waals surface area (Å²) in [6.45, 7) is 0. The van der Waals surface area contributed by atoms with Crippen LogP contribution in [0.2, 0.25) is 0 Å². The molecule has 0 saturated heterocycles. The van der Waals surface area contributed by atoms with E-state index < -0.39 is 0 Å². The smallest absolute Gasteiger partial charge is 0.187 e. The Labute approximate surface area is 164 Å². The van der Waals surface area contributed by atoms with E-state index in [4.69, 9.17) is 4.74 Å². The Hall–Kier alpha value is -0.860. The zero-order chi connectivity index (χ0) is 16.0. The number of hydrogen-bond acceptors (Lipinski definition) is 1. The third-order valence-corrected chi connectivity index (χ3v) is 7.59. The largest absolute Gasteiger partial charge is 0.497 e. The molecule has 4 rings (SSSR count). The van der Waals surface area contributed by atoms with Crippen molar-refractivity contribution in [1.29, 1.82) is 0 Å². The predicted molar refractivity (Wildman–Crippen MR) is 117 cm³/mol. The van der Waals surface area contributed by atoms with E-state index in [-0.39, 0.29) is 10.5 Å². The average Bonchev–Trinajstić information content (AvgIpc) is 2.88. The first-order chi connectivity index (χ1) is 11.2. The Morgan fingerprint density at radius 1 is 0.739 bits per heavy atom. The van der Waals surface area contributed by atoms with Gasteiger partial charge in [0.25, 0.3) is 0 Å². The highest BCUT2D eigenvalue weighted by Crippen LogP contribution is 2.49. The fraction of sp³-hybridized carbons (Fsp3) is 0.0526. The van der Waals surface area contributed by atoms with E-state index in [9.17, 15) is 0 Å². The molecule has 114 valence electrons. The van der Waals surface area contributed by atoms with Gasteiger partial charge in [0.1, 0.15) is 5.75 Å². The fourth-order valence-corrected chi connectivity index (χ4v) is 6.19. The van der Waals surface area contributed by atoms with Crippen LogP contribution in [0.3, 0.4) is 0 Å². The number of thiophene rings is 1. The molecule has 1 heterocycles. The lowest BCUT2D eigenvalue weighted by Gasteiger charge is -1.98. The van der Waals surface area contributed by atoms with Gasteiger partial charge in [-0.05, 0) is 93.7 Å². The highest BCUT2D eigenvalue weighted by atomic mass is 127. The van der Waals surface area contributed by atoms with Gasteiger partial charge in [-0.25, -0.2) is 0 Å². The van der Waals surface area contributed by atoms with Gasteiger partial charge in [0.05, 0.1) is 7.11 Å². The SMILES string of the molecule is COc1ccc(-[s+]2c3ccc(I)cc3c3cc(I)ccc32)cc1. The number of benzene rings is 3. The molecule has 0 aliphatic heterocycles. The molecule has 23 heavy (non-hydrogen) atoms. The lowest BCUT2D eigenvalue weighted by molar-refractivity contribution is 0.415. The lowest BCUT2D eigenvalue weighted by Crippen LogP contribution is -1.80. The summed E-state index contributed by atoms with van der Waals surface area (Å²) in [5.74, 6) is 0.905. The maximum absolute atomic E-state index is 5.30. The van der Waals surface area contributed by atoms with Crippen molar-refractivity contribution < 1.29 is 4.74 Å². The van der Waals surface area contributed by atoms with Crippen molar-refractivity contribution >= 4 is 75.8 Å². The summed E-state index contributed by atoms with van der Waals surface area (Å²) in [6, 6.07) is 22.1. The van der Waals surface area contributed by atoms with E-state index in [0.29, 0.717) is 0 Å². The van der Waals surface area contributed by atoms with Crippen molar-refractivity contribution in [3.63, 3.8) is 0 Å². The van der Waals surface area contributed by atoms with Gasteiger partial charge < -0.3 is 4.74 Å². The third kappa shape index (κ3) is 2.74. The fourth-order valence-electron chi connectivity index (χ4n) is 2.87. The number of hydrogen-bond donors (Lipinski definition) is 0. The molecular formula is C19H13I2OS+. The van der Waals surface area contributed by atoms with Crippen LogP contribution in [0, 0.1) is 7.14 Å². The van der Waals surface area contributed by atoms with E-state index in [1.165, 1.54) is 32.2 Å². The summed E-state index contributed by atoms with van der Waals surface area (Å²) in [6.07, 6.45) is 0. The molecule has 0 unspecified atom stereocenters. The maximum Gasteiger partial charge on any atom is 0.187 e. The van der Waals surface area contributed by atoms with Crippen LogP contribution >= 0.6 is 55.7 Å². The second-order valence-corrected chi connectivity index (χ2v) is 9.72. The Bertz CT molecular complexity index is 960. The zero-order valence-electron chi connectivity index (χ0n) is 12.3. The Balaban J connectivity index is 2.10. The summed E-state index contributed by atoms with van der Waals surface area (Å²) in [4.78, 5) is 1.34. The van der Waals surface area contributed by atoms with Crippen molar-refractivity contribution in [1.82, 2.24) is 0 Å². The highest BCUT2D eigenvalue weighted by molar-refractivity contribution is 14.1. The van der Waals surface area contributed by atoms with Crippen molar-refractivity contribution in [2.45, 2.75) is 0 Å². The summed E-state index contributed by atoms with van der Waals surface area (Å²) >= 11 is 4.79. The number of halogens is 2. The zero-order valence-corrected chi connectivity index (χ0v) is 17.5. The van der Waals surface area contributed by atoms with Gasteiger partial charge in [-0.15, -0.1) is 0 Å². The molecule has 0 amide bonds. The van der Waals surface area contributed by atoms with Crippen LogP contribution in [0.25, 0.3) is 25.1 Å². The van der Waals surface area contributed by atoms with Crippen molar-refractivity contribution in [2.24, 2.45) is 0 Å². The van der Waals surface area contributed by atoms with Gasteiger partial charge in [0.2, 0.25) is 0 Å². The molecule has 0 N–H and O–H groups in total. The molecule has 0 bridgehead atoms. The van der Waals surface area contributed by atoms with Crippen molar-refractivity contribution in [2.75, 3.05) is 7.11 Å². The van der Waals surface area contributed by atoms with Gasteiger partial charge in [0.15, 0.2) is 14.3 Å². The molecule has 0 radical (unpaired) electrons. The topological polar surface area (TPSA) is 9.23 Å². The normalized spacial score (nSPS) is 11.3. The van der Waals surface area contributed by atoms with Crippen LogP contribution in [0.1, 0.15) is 0 Å². The molecule has 1 aromatic heterocycles. The van der Waals surface area contributed by atoms with E-state index in [0.717, 1.165) is 5.75 Å². The van der Waals surface area contributed by atoms with Crippen molar-refractivity contribution in [3.8, 4) is 10.6 Å². The molecule has 4 aromatic rings. The van der Waals surface area contributed by atoms with E-state index in [2.05, 4.69) is 106 Å². The molecule has 0 fully saturated rings. The van der Waals surface area contributed by atoms with E-state index >= 15 is 0 Å². The second-order valence-electron chi connectivity index (χ2n) is 5.26. The quantitative estimate of drug-likeness (QED) is 0.197. The van der Waals surface area contributed by atoms with Crippen LogP contribution in [0.4, 0.5) is 0 Å². The van der Waals surface area contributed by atoms with E-state index in [1.54, 1.807) is 7.11 Å². The van der Waals surface area contributed by atoms with Crippen LogP contribution in [-0.2, 0) is 0 Å². The number of rotatable bonds is 2. The van der Waals surface area contributed by atoms with Crippen molar-refractivity contribution in [3.05, 3.63) is 67.8 Å². The summed E-state index contributed by atoms with van der Waals surface area (Å²) < 4.78 is 10.7. The maximum atomic E-state index is 5.30. The number of ether oxygens (including phenoxy) is 1. The Kier molecular flexibility index (Phi) is 4.23. The van der Waals surface area contributed by atoms with Gasteiger partial charge in [-0.3, -0.25) is 0 Å². The monoisotopic (exact) mass is 543 g/mol. The molecule has 3 aromatic carbocycles. The molecule has 0 aliphatic carbocycles. The summed E-state index contributed by atoms with van der Waals surface area (Å²) in [5.41, 5.74) is 0. The minimum Gasteiger partial charge on any atom is -0.497 e. The van der Waals surface area contributed by atoms with Gasteiger partial charge in [0, 0.05) is 40.5 Å². The second kappa shape index (κ2) is 6.22. The molecular weight excluding hydrogens is 530 g/mol. The summed E-state index contributed by atoms with van der Waals surface area (Å²) in [7, 11) is 1.68. The summed E-state index contributed by atoms with van der Waals surface area (Å²) in [5, 5.41) is 2.76. The number of methoxy groups -OCH3 is 1. The standard InChI is InChI=1S/C19H13I2OS/c1-22-14-4-6-15(7-5-14)23-18-8-2-12(20)10-16(18)17-11-13(21)3-9-19(17)23/h2-11H,1H3/q+1. The first-order valence-corrected chi connectivity index (χ1v) is 10.5. The van der Waals surface area contributed by atoms with Crippen LogP contribution < -0.4 is 4.74 Å². The Morgan fingerprint density at radius 3 is 1.74 bits per heavy atom. The predicted octanol–water partition coefficient (Wildman–Crippen LogP) is 6.95. The average molecular weight is 543 g/mol. The highest BCUT2D eigenvalue weighted by Gasteiger charge is 2.23. The van der Waals surface area contributed by atoms with Crippen LogP contribution in [-0.4, -0.2) is 7.11 Å². The van der Waals surface area contributed by atoms with Crippen LogP contribution in [0.5, 0.6) is 5.75 Å². The van der Waals surface area contributed by atoms with E-state index in [1.807, 2.05) is 0 Å². The molecule has 0 atom stereocenters. The minimum absolute atomic E-state index is 0.0296. The molecule has 1 nitrogen and oxygen atoms in total. The molecule has 0 spiro atoms. The Morgan fingerprint density at radius 2 is 1.26 bits per heavy atom. The van der Waals surface area contributed by atoms with Gasteiger partial charge in [-0.2, -0.15) is 0 Å². The van der Waals surface area contributed by atoms with Gasteiger partial charge in [-0.1, -0.05) is 0 Å². The third-order valence-electron chi connectivity index (χ3n) is 3.91. The van der Waals surface area contributed by atoms with Gasteiger partial charge >= 0.3 is 0 Å². The first-order valence-electron chi connectivity index (χ1n) is 7.15. The number of fused-ring (bicyclic) bond motifs is 3.